The van der Waals surface area contributed by atoms with Crippen LogP contribution in [0.25, 0.3) is 0 Å². The molecule has 0 saturated carbocycles. The summed E-state index contributed by atoms with van der Waals surface area (Å²) in [5.41, 5.74) is 3.89. The lowest BCUT2D eigenvalue weighted by molar-refractivity contribution is 0.0943. The molecule has 1 amide bonds. The first-order valence-corrected chi connectivity index (χ1v) is 11.0. The molecule has 0 aliphatic carbocycles. The molecule has 168 valence electrons. The van der Waals surface area contributed by atoms with Crippen molar-refractivity contribution in [2.75, 3.05) is 17.2 Å². The van der Waals surface area contributed by atoms with Crippen LogP contribution in [0.2, 0.25) is 0 Å². The third-order valence-corrected chi connectivity index (χ3v) is 5.19. The summed E-state index contributed by atoms with van der Waals surface area (Å²) in [5, 5.41) is 17.3. The van der Waals surface area contributed by atoms with E-state index in [2.05, 4.69) is 62.3 Å². The molecule has 1 aliphatic heterocycles. The van der Waals surface area contributed by atoms with Crippen LogP contribution in [0.1, 0.15) is 55.2 Å². The molecule has 0 spiro atoms. The van der Waals surface area contributed by atoms with Crippen molar-refractivity contribution in [2.45, 2.75) is 52.7 Å². The number of hydrogen-bond donors (Lipinski definition) is 4. The summed E-state index contributed by atoms with van der Waals surface area (Å²) < 4.78 is 1.84. The van der Waals surface area contributed by atoms with Gasteiger partial charge in [-0.05, 0) is 63.9 Å². The van der Waals surface area contributed by atoms with Gasteiger partial charge in [0.25, 0.3) is 5.91 Å². The molecule has 0 unspecified atom stereocenters. The number of hydrogen-bond acceptors (Lipinski definition) is 7. The predicted molar refractivity (Wildman–Crippen MR) is 126 cm³/mol. The highest BCUT2D eigenvalue weighted by atomic mass is 16.1. The maximum atomic E-state index is 12.7. The number of carbonyl (C=O) groups excluding carboxylic acids is 1. The molecule has 4 rings (SSSR count). The van der Waals surface area contributed by atoms with Gasteiger partial charge in [0.15, 0.2) is 5.82 Å². The van der Waals surface area contributed by atoms with Crippen LogP contribution in [0.3, 0.4) is 0 Å². The van der Waals surface area contributed by atoms with Crippen LogP contribution in [0.15, 0.2) is 36.7 Å². The fourth-order valence-electron chi connectivity index (χ4n) is 3.54. The van der Waals surface area contributed by atoms with Crippen molar-refractivity contribution < 1.29 is 4.79 Å². The number of amides is 1. The molecule has 32 heavy (non-hydrogen) atoms. The zero-order valence-electron chi connectivity index (χ0n) is 18.9. The highest BCUT2D eigenvalue weighted by Gasteiger charge is 2.17. The standard InChI is InChI=1S/C23H30N8O/c1-14(2)26-22(32)19-13-25-23(27-18-6-5-16-7-9-24-12-17(16)11-18)29-21(19)28-20-8-10-31(30-20)15(3)4/h5-6,8,10-11,13-15,24H,7,9,12H2,1-4H3,(H,26,32)(H2,25,27,28,29,30). The topological polar surface area (TPSA) is 109 Å². The average molecular weight is 435 g/mol. The Bertz CT molecular complexity index is 1110. The van der Waals surface area contributed by atoms with E-state index < -0.39 is 0 Å². The third-order valence-electron chi connectivity index (χ3n) is 5.19. The second kappa shape index (κ2) is 9.35. The Labute approximate surface area is 188 Å². The predicted octanol–water partition coefficient (Wildman–Crippen LogP) is 3.53. The number of fused-ring (bicyclic) bond motifs is 1. The fourth-order valence-corrected chi connectivity index (χ4v) is 3.54. The molecule has 0 fully saturated rings. The van der Waals surface area contributed by atoms with Crippen molar-refractivity contribution in [2.24, 2.45) is 0 Å². The first-order chi connectivity index (χ1) is 15.4. The molecular weight excluding hydrogens is 404 g/mol. The third kappa shape index (κ3) is 5.05. The minimum atomic E-state index is -0.239. The van der Waals surface area contributed by atoms with Crippen molar-refractivity contribution in [3.8, 4) is 0 Å². The number of nitrogens with zero attached hydrogens (tertiary/aromatic N) is 4. The first kappa shape index (κ1) is 21.8. The van der Waals surface area contributed by atoms with Gasteiger partial charge in [0.2, 0.25) is 5.95 Å². The Hall–Kier alpha value is -3.46. The molecule has 9 nitrogen and oxygen atoms in total. The Kier molecular flexibility index (Phi) is 6.36. The van der Waals surface area contributed by atoms with E-state index in [0.717, 1.165) is 25.2 Å². The van der Waals surface area contributed by atoms with Gasteiger partial charge in [-0.25, -0.2) is 4.98 Å². The van der Waals surface area contributed by atoms with E-state index in [1.807, 2.05) is 36.9 Å². The van der Waals surface area contributed by atoms with Crippen molar-refractivity contribution in [1.82, 2.24) is 30.4 Å². The van der Waals surface area contributed by atoms with Gasteiger partial charge in [-0.15, -0.1) is 0 Å². The zero-order valence-corrected chi connectivity index (χ0v) is 18.9. The summed E-state index contributed by atoms with van der Waals surface area (Å²) in [6.45, 7) is 9.79. The minimum absolute atomic E-state index is 0.00240. The van der Waals surface area contributed by atoms with Gasteiger partial charge < -0.3 is 21.3 Å². The molecule has 3 heterocycles. The fraction of sp³-hybridized carbons (Fsp3) is 0.391. The second-order valence-electron chi connectivity index (χ2n) is 8.52. The Morgan fingerprint density at radius 2 is 1.97 bits per heavy atom. The Balaban J connectivity index is 1.62. The van der Waals surface area contributed by atoms with Crippen LogP contribution < -0.4 is 21.3 Å². The molecule has 3 aromatic rings. The smallest absolute Gasteiger partial charge is 0.256 e. The second-order valence-corrected chi connectivity index (χ2v) is 8.52. The SMILES string of the molecule is CC(C)NC(=O)c1cnc(Nc2ccc3c(c2)CNCC3)nc1Nc1ccn(C(C)C)n1. The number of rotatable bonds is 7. The Morgan fingerprint density at radius 1 is 1.12 bits per heavy atom. The molecule has 0 radical (unpaired) electrons. The lowest BCUT2D eigenvalue weighted by atomic mass is 10.0. The summed E-state index contributed by atoms with van der Waals surface area (Å²) in [5.74, 6) is 1.17. The van der Waals surface area contributed by atoms with E-state index in [0.29, 0.717) is 23.1 Å². The summed E-state index contributed by atoms with van der Waals surface area (Å²) in [6, 6.07) is 8.37. The van der Waals surface area contributed by atoms with Crippen LogP contribution in [0, 0.1) is 0 Å². The van der Waals surface area contributed by atoms with E-state index in [9.17, 15) is 4.79 Å². The number of carbonyl (C=O) groups is 1. The lowest BCUT2D eigenvalue weighted by Crippen LogP contribution is -2.31. The monoisotopic (exact) mass is 434 g/mol. The molecule has 0 atom stereocenters. The minimum Gasteiger partial charge on any atom is -0.350 e. The number of anilines is 4. The van der Waals surface area contributed by atoms with Crippen LogP contribution in [0.5, 0.6) is 0 Å². The van der Waals surface area contributed by atoms with Gasteiger partial charge in [0.1, 0.15) is 11.4 Å². The van der Waals surface area contributed by atoms with Gasteiger partial charge in [0, 0.05) is 42.8 Å². The van der Waals surface area contributed by atoms with E-state index >= 15 is 0 Å². The summed E-state index contributed by atoms with van der Waals surface area (Å²) in [6.07, 6.45) is 4.46. The van der Waals surface area contributed by atoms with E-state index in [4.69, 9.17) is 0 Å². The quantitative estimate of drug-likeness (QED) is 0.450. The van der Waals surface area contributed by atoms with Gasteiger partial charge in [-0.3, -0.25) is 9.48 Å². The van der Waals surface area contributed by atoms with Crippen LogP contribution in [-0.2, 0) is 13.0 Å². The molecule has 2 aromatic heterocycles. The summed E-state index contributed by atoms with van der Waals surface area (Å²) in [4.78, 5) is 21.7. The summed E-state index contributed by atoms with van der Waals surface area (Å²) in [7, 11) is 0. The largest absolute Gasteiger partial charge is 0.350 e. The van der Waals surface area contributed by atoms with Gasteiger partial charge in [-0.1, -0.05) is 6.07 Å². The van der Waals surface area contributed by atoms with Gasteiger partial charge in [0.05, 0.1) is 0 Å². The maximum absolute atomic E-state index is 12.7. The van der Waals surface area contributed by atoms with E-state index in [1.54, 1.807) is 0 Å². The zero-order chi connectivity index (χ0) is 22.7. The van der Waals surface area contributed by atoms with Crippen LogP contribution in [0.4, 0.5) is 23.3 Å². The molecule has 0 saturated heterocycles. The van der Waals surface area contributed by atoms with Gasteiger partial charge in [-0.2, -0.15) is 10.1 Å². The lowest BCUT2D eigenvalue weighted by Gasteiger charge is -2.18. The number of benzene rings is 1. The normalized spacial score (nSPS) is 13.2. The Morgan fingerprint density at radius 3 is 2.72 bits per heavy atom. The van der Waals surface area contributed by atoms with Crippen LogP contribution in [-0.4, -0.2) is 38.2 Å². The number of nitrogens with one attached hydrogen (secondary N) is 4. The van der Waals surface area contributed by atoms with Crippen LogP contribution >= 0.6 is 0 Å². The molecule has 1 aromatic carbocycles. The van der Waals surface area contributed by atoms with Crippen molar-refractivity contribution >= 4 is 29.2 Å². The molecular formula is C23H30N8O. The summed E-state index contributed by atoms with van der Waals surface area (Å²) >= 11 is 0. The molecule has 1 aliphatic rings. The molecule has 4 N–H and O–H groups in total. The molecule has 0 bridgehead atoms. The van der Waals surface area contributed by atoms with Crippen molar-refractivity contribution in [3.05, 3.63) is 53.3 Å². The highest BCUT2D eigenvalue weighted by Crippen LogP contribution is 2.24. The van der Waals surface area contributed by atoms with Crippen molar-refractivity contribution in [3.63, 3.8) is 0 Å². The average Bonchev–Trinajstić information content (AvgIpc) is 3.22. The molecule has 9 heteroatoms. The first-order valence-electron chi connectivity index (χ1n) is 11.0. The maximum Gasteiger partial charge on any atom is 0.256 e. The van der Waals surface area contributed by atoms with Crippen molar-refractivity contribution in [1.29, 1.82) is 0 Å². The highest BCUT2D eigenvalue weighted by molar-refractivity contribution is 5.99. The van der Waals surface area contributed by atoms with E-state index in [1.165, 1.54) is 17.3 Å². The van der Waals surface area contributed by atoms with Gasteiger partial charge >= 0.3 is 0 Å². The number of aromatic nitrogens is 4. The van der Waals surface area contributed by atoms with E-state index in [-0.39, 0.29) is 18.0 Å².